The lowest BCUT2D eigenvalue weighted by Gasteiger charge is -2.22. The second-order valence-corrected chi connectivity index (χ2v) is 7.84. The number of halogens is 1. The Balaban J connectivity index is 3.08. The fourth-order valence-electron chi connectivity index (χ4n) is 2.04. The molecule has 0 bridgehead atoms. The zero-order chi connectivity index (χ0) is 15.9. The van der Waals surface area contributed by atoms with Crippen LogP contribution in [0.15, 0.2) is 27.6 Å². The molecule has 0 spiro atoms. The van der Waals surface area contributed by atoms with Crippen molar-refractivity contribution in [2.24, 2.45) is 5.73 Å². The first-order chi connectivity index (χ1) is 9.97. The molecule has 4 nitrogen and oxygen atoms in total. The summed E-state index contributed by atoms with van der Waals surface area (Å²) in [5, 5.41) is 0. The van der Waals surface area contributed by atoms with E-state index in [0.717, 1.165) is 31.2 Å². The summed E-state index contributed by atoms with van der Waals surface area (Å²) < 4.78 is 27.8. The van der Waals surface area contributed by atoms with Crippen LogP contribution in [-0.2, 0) is 16.6 Å². The molecule has 0 unspecified atom stereocenters. The van der Waals surface area contributed by atoms with Gasteiger partial charge in [0.15, 0.2) is 0 Å². The molecule has 0 aliphatic carbocycles. The number of sulfonamides is 1. The summed E-state index contributed by atoms with van der Waals surface area (Å²) in [5.74, 6) is 0. The Morgan fingerprint density at radius 1 is 1.14 bits per heavy atom. The topological polar surface area (TPSA) is 63.4 Å². The van der Waals surface area contributed by atoms with Crippen LogP contribution in [0.25, 0.3) is 0 Å². The van der Waals surface area contributed by atoms with Gasteiger partial charge in [0.05, 0.1) is 4.90 Å². The molecule has 0 aromatic heterocycles. The van der Waals surface area contributed by atoms with Gasteiger partial charge in [-0.25, -0.2) is 8.42 Å². The third kappa shape index (κ3) is 5.06. The third-order valence-corrected chi connectivity index (χ3v) is 6.25. The minimum Gasteiger partial charge on any atom is -0.326 e. The number of benzene rings is 1. The molecule has 0 atom stereocenters. The normalized spacial score (nSPS) is 12.0. The highest BCUT2D eigenvalue weighted by atomic mass is 79.9. The van der Waals surface area contributed by atoms with Gasteiger partial charge in [-0.3, -0.25) is 0 Å². The van der Waals surface area contributed by atoms with E-state index in [0.29, 0.717) is 29.0 Å². The largest absolute Gasteiger partial charge is 0.326 e. The SMILES string of the molecule is CCCCN(CCCC)S(=O)(=O)c1ccc(CN)cc1Br. The minimum absolute atomic E-state index is 0.326. The molecule has 0 aliphatic rings. The molecule has 21 heavy (non-hydrogen) atoms. The van der Waals surface area contributed by atoms with Gasteiger partial charge in [-0.2, -0.15) is 4.31 Å². The van der Waals surface area contributed by atoms with Gasteiger partial charge in [0.25, 0.3) is 0 Å². The van der Waals surface area contributed by atoms with Crippen molar-refractivity contribution < 1.29 is 8.42 Å². The zero-order valence-electron chi connectivity index (χ0n) is 12.8. The smallest absolute Gasteiger partial charge is 0.244 e. The molecule has 2 N–H and O–H groups in total. The van der Waals surface area contributed by atoms with Crippen LogP contribution in [0, 0.1) is 0 Å². The lowest BCUT2D eigenvalue weighted by atomic mass is 10.2. The van der Waals surface area contributed by atoms with Crippen LogP contribution < -0.4 is 5.73 Å². The molecule has 1 rings (SSSR count). The first-order valence-corrected chi connectivity index (χ1v) is 9.69. The van der Waals surface area contributed by atoms with Crippen LogP contribution in [0.2, 0.25) is 0 Å². The summed E-state index contributed by atoms with van der Waals surface area (Å²) in [6, 6.07) is 5.20. The average molecular weight is 377 g/mol. The van der Waals surface area contributed by atoms with Gasteiger partial charge >= 0.3 is 0 Å². The first kappa shape index (κ1) is 18.6. The Morgan fingerprint density at radius 2 is 1.71 bits per heavy atom. The molecule has 1 aromatic carbocycles. The maximum absolute atomic E-state index is 12.8. The van der Waals surface area contributed by atoms with Crippen molar-refractivity contribution >= 4 is 26.0 Å². The lowest BCUT2D eigenvalue weighted by Crippen LogP contribution is -2.33. The van der Waals surface area contributed by atoms with Crippen LogP contribution in [0.1, 0.15) is 45.1 Å². The predicted molar refractivity (Wildman–Crippen MR) is 90.6 cm³/mol. The van der Waals surface area contributed by atoms with E-state index in [1.807, 2.05) is 0 Å². The summed E-state index contributed by atoms with van der Waals surface area (Å²) >= 11 is 3.37. The Bertz CT molecular complexity index is 539. The number of hydrogen-bond acceptors (Lipinski definition) is 3. The molecule has 0 fully saturated rings. The Morgan fingerprint density at radius 3 is 2.14 bits per heavy atom. The van der Waals surface area contributed by atoms with Gasteiger partial charge in [-0.15, -0.1) is 0 Å². The van der Waals surface area contributed by atoms with E-state index in [1.54, 1.807) is 22.5 Å². The summed E-state index contributed by atoms with van der Waals surface area (Å²) in [6.07, 6.45) is 3.71. The van der Waals surface area contributed by atoms with Crippen LogP contribution in [0.5, 0.6) is 0 Å². The summed E-state index contributed by atoms with van der Waals surface area (Å²) in [4.78, 5) is 0.326. The summed E-state index contributed by atoms with van der Waals surface area (Å²) in [5.41, 5.74) is 6.50. The molecule has 0 amide bonds. The lowest BCUT2D eigenvalue weighted by molar-refractivity contribution is 0.395. The second kappa shape index (κ2) is 8.88. The maximum Gasteiger partial charge on any atom is 0.244 e. The first-order valence-electron chi connectivity index (χ1n) is 7.46. The van der Waals surface area contributed by atoms with Gasteiger partial charge in [-0.1, -0.05) is 32.8 Å². The van der Waals surface area contributed by atoms with Gasteiger partial charge in [0.1, 0.15) is 0 Å². The maximum atomic E-state index is 12.8. The summed E-state index contributed by atoms with van der Waals surface area (Å²) in [7, 11) is -3.46. The molecule has 120 valence electrons. The van der Waals surface area contributed by atoms with Crippen LogP contribution in [0.3, 0.4) is 0 Å². The Labute approximate surface area is 136 Å². The van der Waals surface area contributed by atoms with E-state index in [4.69, 9.17) is 5.73 Å². The highest BCUT2D eigenvalue weighted by Crippen LogP contribution is 2.26. The number of rotatable bonds is 9. The quantitative estimate of drug-likeness (QED) is 0.717. The predicted octanol–water partition coefficient (Wildman–Crippen LogP) is 3.50. The molecule has 6 heteroatoms. The molecule has 1 aromatic rings. The van der Waals surface area contributed by atoms with Gasteiger partial charge in [0.2, 0.25) is 10.0 Å². The second-order valence-electron chi connectivity index (χ2n) is 5.08. The molecular formula is C15H25BrN2O2S. The van der Waals surface area contributed by atoms with Crippen molar-refractivity contribution in [1.82, 2.24) is 4.31 Å². The van der Waals surface area contributed by atoms with E-state index in [-0.39, 0.29) is 0 Å². The van der Waals surface area contributed by atoms with Gasteiger partial charge < -0.3 is 5.73 Å². The van der Waals surface area contributed by atoms with Gasteiger partial charge in [0, 0.05) is 24.1 Å². The average Bonchev–Trinajstić information content (AvgIpc) is 2.46. The zero-order valence-corrected chi connectivity index (χ0v) is 15.2. The number of unbranched alkanes of at least 4 members (excludes halogenated alkanes) is 2. The number of nitrogens with two attached hydrogens (primary N) is 1. The number of nitrogens with zero attached hydrogens (tertiary/aromatic N) is 1. The van der Waals surface area contributed by atoms with Crippen molar-refractivity contribution in [3.05, 3.63) is 28.2 Å². The van der Waals surface area contributed by atoms with E-state index in [1.165, 1.54) is 0 Å². The third-order valence-electron chi connectivity index (χ3n) is 3.37. The molecule has 0 saturated heterocycles. The van der Waals surface area contributed by atoms with Crippen molar-refractivity contribution in [2.75, 3.05) is 13.1 Å². The van der Waals surface area contributed by atoms with Crippen molar-refractivity contribution in [3.8, 4) is 0 Å². The van der Waals surface area contributed by atoms with Gasteiger partial charge in [-0.05, 0) is 46.5 Å². The van der Waals surface area contributed by atoms with Crippen LogP contribution in [-0.4, -0.2) is 25.8 Å². The monoisotopic (exact) mass is 376 g/mol. The van der Waals surface area contributed by atoms with Crippen molar-refractivity contribution in [2.45, 2.75) is 51.0 Å². The fraction of sp³-hybridized carbons (Fsp3) is 0.600. The minimum atomic E-state index is -3.46. The van der Waals surface area contributed by atoms with Crippen molar-refractivity contribution in [3.63, 3.8) is 0 Å². The van der Waals surface area contributed by atoms with E-state index in [2.05, 4.69) is 29.8 Å². The van der Waals surface area contributed by atoms with Crippen LogP contribution >= 0.6 is 15.9 Å². The van der Waals surface area contributed by atoms with E-state index >= 15 is 0 Å². The standard InChI is InChI=1S/C15H25BrN2O2S/c1-3-5-9-18(10-6-4-2)21(19,20)15-8-7-13(12-17)11-14(15)16/h7-8,11H,3-6,9-10,12,17H2,1-2H3. The molecule has 0 radical (unpaired) electrons. The fourth-order valence-corrected chi connectivity index (χ4v) is 4.64. The Kier molecular flexibility index (Phi) is 7.87. The Hall–Kier alpha value is -0.430. The molecular weight excluding hydrogens is 352 g/mol. The van der Waals surface area contributed by atoms with E-state index in [9.17, 15) is 8.42 Å². The molecule has 0 heterocycles. The highest BCUT2D eigenvalue weighted by molar-refractivity contribution is 9.10. The highest BCUT2D eigenvalue weighted by Gasteiger charge is 2.25. The molecule has 0 saturated carbocycles. The van der Waals surface area contributed by atoms with Crippen LogP contribution in [0.4, 0.5) is 0 Å². The molecule has 0 aliphatic heterocycles. The van der Waals surface area contributed by atoms with E-state index < -0.39 is 10.0 Å². The summed E-state index contributed by atoms with van der Waals surface area (Å²) in [6.45, 7) is 5.68. The van der Waals surface area contributed by atoms with Crippen molar-refractivity contribution in [1.29, 1.82) is 0 Å². The number of hydrogen-bond donors (Lipinski definition) is 1.